The lowest BCUT2D eigenvalue weighted by molar-refractivity contribution is 0.143. The van der Waals surface area contributed by atoms with Crippen molar-refractivity contribution in [3.63, 3.8) is 0 Å². The minimum atomic E-state index is 0.585. The topological polar surface area (TPSA) is 42.2 Å². The van der Waals surface area contributed by atoms with Gasteiger partial charge in [-0.25, -0.2) is 0 Å². The smallest absolute Gasteiger partial charge is 0.248 e. The molecule has 1 aliphatic carbocycles. The third-order valence-electron chi connectivity index (χ3n) is 4.41. The molecule has 22 heavy (non-hydrogen) atoms. The molecule has 0 saturated heterocycles. The van der Waals surface area contributed by atoms with Crippen molar-refractivity contribution in [3.05, 3.63) is 34.6 Å². The largest absolute Gasteiger partial charge is 0.419 e. The fraction of sp³-hybridized carbons (Fsp3) is 0.529. The normalized spacial score (nSPS) is 16.3. The van der Waals surface area contributed by atoms with E-state index in [0.29, 0.717) is 17.8 Å². The van der Waals surface area contributed by atoms with Crippen LogP contribution in [0, 0.1) is 0 Å². The van der Waals surface area contributed by atoms with E-state index in [4.69, 9.17) is 4.42 Å². The van der Waals surface area contributed by atoms with Crippen molar-refractivity contribution in [1.29, 1.82) is 0 Å². The van der Waals surface area contributed by atoms with Crippen molar-refractivity contribution in [2.45, 2.75) is 51.6 Å². The standard InChI is InChI=1S/C17H22BrN3O/c1-2-21(13-8-4-3-5-9-13)12-16-19-20-17(22-16)14-10-6-7-11-15(14)18/h6-7,10-11,13H,2-5,8-9,12H2,1H3. The fourth-order valence-electron chi connectivity index (χ4n) is 3.18. The average Bonchev–Trinajstić information content (AvgIpc) is 3.02. The third kappa shape index (κ3) is 3.58. The number of hydrogen-bond acceptors (Lipinski definition) is 4. The second kappa shape index (κ2) is 7.38. The quantitative estimate of drug-likeness (QED) is 0.774. The summed E-state index contributed by atoms with van der Waals surface area (Å²) in [6.07, 6.45) is 6.64. The highest BCUT2D eigenvalue weighted by Crippen LogP contribution is 2.28. The van der Waals surface area contributed by atoms with Crippen LogP contribution in [0.4, 0.5) is 0 Å². The molecular formula is C17H22BrN3O. The van der Waals surface area contributed by atoms with Crippen molar-refractivity contribution >= 4 is 15.9 Å². The SMILES string of the molecule is CCN(Cc1nnc(-c2ccccc2Br)o1)C1CCCCC1. The van der Waals surface area contributed by atoms with Crippen LogP contribution in [0.15, 0.2) is 33.2 Å². The van der Waals surface area contributed by atoms with Gasteiger partial charge in [-0.2, -0.15) is 0 Å². The van der Waals surface area contributed by atoms with Crippen molar-refractivity contribution in [2.75, 3.05) is 6.54 Å². The van der Waals surface area contributed by atoms with Gasteiger partial charge in [0.2, 0.25) is 11.8 Å². The first-order chi connectivity index (χ1) is 10.8. The first-order valence-corrected chi connectivity index (χ1v) is 8.88. The van der Waals surface area contributed by atoms with E-state index >= 15 is 0 Å². The van der Waals surface area contributed by atoms with Crippen LogP contribution < -0.4 is 0 Å². The summed E-state index contributed by atoms with van der Waals surface area (Å²) in [7, 11) is 0. The van der Waals surface area contributed by atoms with E-state index < -0.39 is 0 Å². The van der Waals surface area contributed by atoms with Crippen LogP contribution in [0.5, 0.6) is 0 Å². The summed E-state index contributed by atoms with van der Waals surface area (Å²) in [5, 5.41) is 8.44. The molecule has 1 aromatic carbocycles. The molecule has 0 unspecified atom stereocenters. The van der Waals surface area contributed by atoms with Crippen LogP contribution in [0.1, 0.15) is 44.9 Å². The molecule has 4 nitrogen and oxygen atoms in total. The predicted molar refractivity (Wildman–Crippen MR) is 90.4 cm³/mol. The maximum atomic E-state index is 5.88. The van der Waals surface area contributed by atoms with Crippen molar-refractivity contribution in [1.82, 2.24) is 15.1 Å². The maximum Gasteiger partial charge on any atom is 0.248 e. The highest BCUT2D eigenvalue weighted by molar-refractivity contribution is 9.10. The van der Waals surface area contributed by atoms with Crippen molar-refractivity contribution < 1.29 is 4.42 Å². The van der Waals surface area contributed by atoms with Gasteiger partial charge in [0.1, 0.15) is 0 Å². The molecular weight excluding hydrogens is 342 g/mol. The van der Waals surface area contributed by atoms with E-state index in [1.165, 1.54) is 32.1 Å². The van der Waals surface area contributed by atoms with E-state index in [2.05, 4.69) is 38.0 Å². The molecule has 0 N–H and O–H groups in total. The fourth-order valence-corrected chi connectivity index (χ4v) is 3.63. The summed E-state index contributed by atoms with van der Waals surface area (Å²) >= 11 is 3.53. The predicted octanol–water partition coefficient (Wildman–Crippen LogP) is 4.65. The number of nitrogens with zero attached hydrogens (tertiary/aromatic N) is 3. The first kappa shape index (κ1) is 15.7. The van der Waals surface area contributed by atoms with Gasteiger partial charge in [-0.1, -0.05) is 38.3 Å². The number of halogens is 1. The molecule has 0 bridgehead atoms. The van der Waals surface area contributed by atoms with Gasteiger partial charge < -0.3 is 4.42 Å². The molecule has 1 fully saturated rings. The molecule has 0 amide bonds. The summed E-state index contributed by atoms with van der Waals surface area (Å²) < 4.78 is 6.86. The van der Waals surface area contributed by atoms with Crippen LogP contribution in [0.3, 0.4) is 0 Å². The van der Waals surface area contributed by atoms with Gasteiger partial charge in [-0.3, -0.25) is 4.90 Å². The van der Waals surface area contributed by atoms with Gasteiger partial charge in [0, 0.05) is 10.5 Å². The molecule has 1 aromatic heterocycles. The summed E-state index contributed by atoms with van der Waals surface area (Å²) in [6.45, 7) is 3.98. The van der Waals surface area contributed by atoms with Crippen LogP contribution in [-0.4, -0.2) is 27.7 Å². The summed E-state index contributed by atoms with van der Waals surface area (Å²) in [4.78, 5) is 2.47. The molecule has 5 heteroatoms. The van der Waals surface area contributed by atoms with E-state index in [9.17, 15) is 0 Å². The second-order valence-electron chi connectivity index (χ2n) is 5.84. The Kier molecular flexibility index (Phi) is 5.26. The van der Waals surface area contributed by atoms with Crippen LogP contribution in [0.25, 0.3) is 11.5 Å². The zero-order chi connectivity index (χ0) is 15.4. The van der Waals surface area contributed by atoms with Crippen LogP contribution >= 0.6 is 15.9 Å². The number of benzene rings is 1. The lowest BCUT2D eigenvalue weighted by Gasteiger charge is -2.32. The van der Waals surface area contributed by atoms with Gasteiger partial charge in [-0.15, -0.1) is 10.2 Å². The minimum Gasteiger partial charge on any atom is -0.419 e. The molecule has 0 aliphatic heterocycles. The number of aromatic nitrogens is 2. The first-order valence-electron chi connectivity index (χ1n) is 8.09. The van der Waals surface area contributed by atoms with Crippen molar-refractivity contribution in [2.24, 2.45) is 0 Å². The Labute approximate surface area is 140 Å². The average molecular weight is 364 g/mol. The zero-order valence-electron chi connectivity index (χ0n) is 13.0. The Morgan fingerprint density at radius 3 is 2.68 bits per heavy atom. The van der Waals surface area contributed by atoms with E-state index in [0.717, 1.165) is 23.1 Å². The molecule has 0 atom stereocenters. The Hall–Kier alpha value is -1.20. The van der Waals surface area contributed by atoms with E-state index in [1.807, 2.05) is 24.3 Å². The maximum absolute atomic E-state index is 5.88. The summed E-state index contributed by atoms with van der Waals surface area (Å²) in [6, 6.07) is 8.59. The van der Waals surface area contributed by atoms with E-state index in [-0.39, 0.29) is 0 Å². The summed E-state index contributed by atoms with van der Waals surface area (Å²) in [5.41, 5.74) is 0.946. The Balaban J connectivity index is 1.72. The van der Waals surface area contributed by atoms with Crippen molar-refractivity contribution in [3.8, 4) is 11.5 Å². The third-order valence-corrected chi connectivity index (χ3v) is 5.10. The van der Waals surface area contributed by atoms with Gasteiger partial charge in [0.05, 0.1) is 12.1 Å². The molecule has 0 spiro atoms. The van der Waals surface area contributed by atoms with Crippen LogP contribution in [0.2, 0.25) is 0 Å². The van der Waals surface area contributed by atoms with Gasteiger partial charge in [-0.05, 0) is 47.4 Å². The molecule has 1 heterocycles. The van der Waals surface area contributed by atoms with Gasteiger partial charge in [0.25, 0.3) is 0 Å². The van der Waals surface area contributed by atoms with Crippen LogP contribution in [-0.2, 0) is 6.54 Å². The Morgan fingerprint density at radius 2 is 1.95 bits per heavy atom. The second-order valence-corrected chi connectivity index (χ2v) is 6.69. The highest BCUT2D eigenvalue weighted by Gasteiger charge is 2.22. The molecule has 3 rings (SSSR count). The van der Waals surface area contributed by atoms with Gasteiger partial charge in [0.15, 0.2) is 0 Å². The Morgan fingerprint density at radius 1 is 1.18 bits per heavy atom. The van der Waals surface area contributed by atoms with E-state index in [1.54, 1.807) is 0 Å². The minimum absolute atomic E-state index is 0.585. The number of hydrogen-bond donors (Lipinski definition) is 0. The zero-order valence-corrected chi connectivity index (χ0v) is 14.6. The highest BCUT2D eigenvalue weighted by atomic mass is 79.9. The van der Waals surface area contributed by atoms with Gasteiger partial charge >= 0.3 is 0 Å². The monoisotopic (exact) mass is 363 g/mol. The lowest BCUT2D eigenvalue weighted by atomic mass is 9.94. The summed E-state index contributed by atoms with van der Waals surface area (Å²) in [5.74, 6) is 1.29. The molecule has 2 aromatic rings. The molecule has 1 saturated carbocycles. The lowest BCUT2D eigenvalue weighted by Crippen LogP contribution is -2.36. The number of rotatable bonds is 5. The molecule has 118 valence electrons. The molecule has 1 aliphatic rings. The Bertz CT molecular complexity index is 607. The molecule has 0 radical (unpaired) electrons.